The van der Waals surface area contributed by atoms with Gasteiger partial charge in [-0.2, -0.15) is 0 Å². The van der Waals surface area contributed by atoms with Crippen LogP contribution in [0.15, 0.2) is 24.3 Å². The van der Waals surface area contributed by atoms with Gasteiger partial charge >= 0.3 is 5.97 Å². The zero-order valence-corrected chi connectivity index (χ0v) is 12.2. The average Bonchev–Trinajstić information content (AvgIpc) is 2.65. The Kier molecular flexibility index (Phi) is 4.12. The van der Waals surface area contributed by atoms with E-state index in [4.69, 9.17) is 0 Å². The van der Waals surface area contributed by atoms with Crippen molar-refractivity contribution in [3.8, 4) is 0 Å². The molecule has 1 aromatic rings. The normalized spacial score (nSPS) is 19.3. The summed E-state index contributed by atoms with van der Waals surface area (Å²) in [5, 5.41) is 9.46. The van der Waals surface area contributed by atoms with Crippen molar-refractivity contribution in [2.45, 2.75) is 33.2 Å². The van der Waals surface area contributed by atoms with Crippen LogP contribution in [0, 0.1) is 11.8 Å². The van der Waals surface area contributed by atoms with Gasteiger partial charge in [-0.25, -0.2) is 0 Å². The third-order valence-corrected chi connectivity index (χ3v) is 3.81. The molecule has 0 spiro atoms. The molecule has 4 heteroatoms. The Morgan fingerprint density at radius 3 is 2.55 bits per heavy atom. The van der Waals surface area contributed by atoms with Crippen molar-refractivity contribution in [2.24, 2.45) is 11.8 Å². The highest BCUT2D eigenvalue weighted by Crippen LogP contribution is 2.40. The van der Waals surface area contributed by atoms with Crippen LogP contribution in [0.5, 0.6) is 0 Å². The number of amides is 1. The number of aliphatic carboxylic acids is 1. The summed E-state index contributed by atoms with van der Waals surface area (Å²) in [6, 6.07) is 7.02. The van der Waals surface area contributed by atoms with Gasteiger partial charge in [0.05, 0.1) is 12.0 Å². The number of carboxylic acids is 1. The van der Waals surface area contributed by atoms with Gasteiger partial charge in [0.2, 0.25) is 0 Å². The van der Waals surface area contributed by atoms with Crippen LogP contribution in [0.25, 0.3) is 0 Å². The van der Waals surface area contributed by atoms with Crippen LogP contribution in [0.2, 0.25) is 0 Å². The van der Waals surface area contributed by atoms with E-state index >= 15 is 0 Å². The van der Waals surface area contributed by atoms with Crippen molar-refractivity contribution >= 4 is 11.9 Å². The van der Waals surface area contributed by atoms with Crippen LogP contribution in [-0.4, -0.2) is 28.4 Å². The minimum Gasteiger partial charge on any atom is -0.481 e. The molecule has 1 amide bonds. The molecule has 0 saturated heterocycles. The van der Waals surface area contributed by atoms with Crippen molar-refractivity contribution in [3.63, 3.8) is 0 Å². The van der Waals surface area contributed by atoms with Crippen LogP contribution >= 0.6 is 0 Å². The molecule has 0 radical (unpaired) electrons. The molecule has 2 rings (SSSR count). The maximum atomic E-state index is 12.5. The predicted molar refractivity (Wildman–Crippen MR) is 76.5 cm³/mol. The fraction of sp³-hybridized carbons (Fsp3) is 0.500. The average molecular weight is 275 g/mol. The summed E-state index contributed by atoms with van der Waals surface area (Å²) >= 11 is 0. The minimum atomic E-state index is -0.837. The summed E-state index contributed by atoms with van der Waals surface area (Å²) in [6.07, 6.45) is 0.510. The molecule has 2 atom stereocenters. The van der Waals surface area contributed by atoms with E-state index in [2.05, 4.69) is 0 Å². The molecule has 0 fully saturated rings. The lowest BCUT2D eigenvalue weighted by atomic mass is 9.90. The lowest BCUT2D eigenvalue weighted by Gasteiger charge is -2.30. The Morgan fingerprint density at radius 2 is 2.00 bits per heavy atom. The predicted octanol–water partition coefficient (Wildman–Crippen LogP) is 2.95. The Hall–Kier alpha value is -1.84. The van der Waals surface area contributed by atoms with Gasteiger partial charge in [0.1, 0.15) is 0 Å². The molecule has 1 aliphatic heterocycles. The van der Waals surface area contributed by atoms with Crippen molar-refractivity contribution in [1.29, 1.82) is 0 Å². The summed E-state index contributed by atoms with van der Waals surface area (Å²) < 4.78 is 0. The summed E-state index contributed by atoms with van der Waals surface area (Å²) in [5.41, 5.74) is 1.50. The summed E-state index contributed by atoms with van der Waals surface area (Å²) in [5.74, 6) is -1.13. The van der Waals surface area contributed by atoms with Gasteiger partial charge in [-0.1, -0.05) is 39.0 Å². The number of hydrogen-bond acceptors (Lipinski definition) is 2. The molecule has 20 heavy (non-hydrogen) atoms. The number of rotatable bonds is 5. The first-order chi connectivity index (χ1) is 9.47. The largest absolute Gasteiger partial charge is 0.481 e. The molecular weight excluding hydrogens is 254 g/mol. The van der Waals surface area contributed by atoms with E-state index in [-0.39, 0.29) is 11.9 Å². The zero-order chi connectivity index (χ0) is 14.9. The second-order valence-corrected chi connectivity index (χ2v) is 5.74. The lowest BCUT2D eigenvalue weighted by Crippen LogP contribution is -2.37. The fourth-order valence-electron chi connectivity index (χ4n) is 2.96. The highest BCUT2D eigenvalue weighted by molar-refractivity contribution is 5.99. The van der Waals surface area contributed by atoms with Crippen molar-refractivity contribution in [1.82, 2.24) is 4.90 Å². The lowest BCUT2D eigenvalue weighted by molar-refractivity contribution is -0.144. The fourth-order valence-corrected chi connectivity index (χ4v) is 2.96. The van der Waals surface area contributed by atoms with E-state index < -0.39 is 11.9 Å². The molecule has 0 bridgehead atoms. The standard InChI is InChI=1S/C16H21NO3/c1-4-11(16(19)20)14-12-7-5-6-8-13(12)15(18)17(14)9-10(2)3/h5-8,10-11,14H,4,9H2,1-3H3,(H,19,20). The summed E-state index contributed by atoms with van der Waals surface area (Å²) in [4.78, 5) is 25.8. The van der Waals surface area contributed by atoms with Gasteiger partial charge in [0.25, 0.3) is 5.91 Å². The van der Waals surface area contributed by atoms with Crippen LogP contribution in [0.4, 0.5) is 0 Å². The first-order valence-electron chi connectivity index (χ1n) is 7.10. The topological polar surface area (TPSA) is 57.6 Å². The van der Waals surface area contributed by atoms with Crippen LogP contribution in [0.3, 0.4) is 0 Å². The van der Waals surface area contributed by atoms with Gasteiger partial charge < -0.3 is 10.0 Å². The first kappa shape index (κ1) is 14.6. The molecule has 1 N–H and O–H groups in total. The van der Waals surface area contributed by atoms with E-state index in [9.17, 15) is 14.7 Å². The van der Waals surface area contributed by atoms with Crippen LogP contribution < -0.4 is 0 Å². The highest BCUT2D eigenvalue weighted by atomic mass is 16.4. The molecule has 4 nitrogen and oxygen atoms in total. The van der Waals surface area contributed by atoms with Gasteiger partial charge in [0, 0.05) is 12.1 Å². The number of fused-ring (bicyclic) bond motifs is 1. The highest BCUT2D eigenvalue weighted by Gasteiger charge is 2.42. The van der Waals surface area contributed by atoms with E-state index in [1.807, 2.05) is 39.0 Å². The maximum absolute atomic E-state index is 12.5. The molecule has 0 aliphatic carbocycles. The summed E-state index contributed by atoms with van der Waals surface area (Å²) in [7, 11) is 0. The Bertz CT molecular complexity index is 524. The molecule has 1 aromatic carbocycles. The van der Waals surface area contributed by atoms with E-state index in [1.165, 1.54) is 0 Å². The van der Waals surface area contributed by atoms with Gasteiger partial charge in [0.15, 0.2) is 0 Å². The SMILES string of the molecule is CCC(C(=O)O)C1c2ccccc2C(=O)N1CC(C)C. The summed E-state index contributed by atoms with van der Waals surface area (Å²) in [6.45, 7) is 6.52. The zero-order valence-electron chi connectivity index (χ0n) is 12.2. The van der Waals surface area contributed by atoms with Gasteiger partial charge in [-0.3, -0.25) is 9.59 Å². The Labute approximate surface area is 119 Å². The number of benzene rings is 1. The second kappa shape index (κ2) is 5.65. The van der Waals surface area contributed by atoms with Gasteiger partial charge in [-0.05, 0) is 24.0 Å². The quantitative estimate of drug-likeness (QED) is 0.898. The number of nitrogens with zero attached hydrogens (tertiary/aromatic N) is 1. The van der Waals surface area contributed by atoms with Crippen LogP contribution in [-0.2, 0) is 4.79 Å². The number of hydrogen-bond donors (Lipinski definition) is 1. The number of carboxylic acid groups (broad SMARTS) is 1. The first-order valence-corrected chi connectivity index (χ1v) is 7.10. The van der Waals surface area contributed by atoms with E-state index in [0.717, 1.165) is 5.56 Å². The maximum Gasteiger partial charge on any atom is 0.308 e. The monoisotopic (exact) mass is 275 g/mol. The third kappa shape index (κ3) is 2.42. The van der Waals surface area contributed by atoms with E-state index in [0.29, 0.717) is 24.4 Å². The van der Waals surface area contributed by atoms with Crippen molar-refractivity contribution in [3.05, 3.63) is 35.4 Å². The Morgan fingerprint density at radius 1 is 1.35 bits per heavy atom. The second-order valence-electron chi connectivity index (χ2n) is 5.74. The molecular formula is C16H21NO3. The van der Waals surface area contributed by atoms with Gasteiger partial charge in [-0.15, -0.1) is 0 Å². The molecule has 2 unspecified atom stereocenters. The Balaban J connectivity index is 2.47. The number of carbonyl (C=O) groups is 2. The molecule has 1 aliphatic rings. The minimum absolute atomic E-state index is 0.0426. The van der Waals surface area contributed by atoms with E-state index in [1.54, 1.807) is 11.0 Å². The molecule has 1 heterocycles. The molecule has 108 valence electrons. The van der Waals surface area contributed by atoms with Crippen molar-refractivity contribution in [2.75, 3.05) is 6.54 Å². The van der Waals surface area contributed by atoms with Crippen molar-refractivity contribution < 1.29 is 14.7 Å². The number of carbonyl (C=O) groups excluding carboxylic acids is 1. The smallest absolute Gasteiger partial charge is 0.308 e. The van der Waals surface area contributed by atoms with Crippen LogP contribution in [0.1, 0.15) is 49.2 Å². The third-order valence-electron chi connectivity index (χ3n) is 3.81. The molecule has 0 aromatic heterocycles. The molecule has 0 saturated carbocycles.